The molecule has 158 valence electrons. The largest absolute Gasteiger partial charge is 0.481 e. The second kappa shape index (κ2) is 8.13. The summed E-state index contributed by atoms with van der Waals surface area (Å²) in [6.07, 6.45) is -0.578. The molecule has 4 aromatic heterocycles. The summed E-state index contributed by atoms with van der Waals surface area (Å²) in [6, 6.07) is 8.43. The van der Waals surface area contributed by atoms with Gasteiger partial charge in [0.2, 0.25) is 5.88 Å². The molecule has 4 aromatic rings. The Morgan fingerprint density at radius 3 is 2.55 bits per heavy atom. The Labute approximate surface area is 174 Å². The third-order valence-electron chi connectivity index (χ3n) is 4.46. The van der Waals surface area contributed by atoms with Crippen LogP contribution in [0.15, 0.2) is 55.0 Å². The summed E-state index contributed by atoms with van der Waals surface area (Å²) in [5.41, 5.74) is 0.662. The van der Waals surface area contributed by atoms with Gasteiger partial charge in [-0.15, -0.1) is 0 Å². The maximum absolute atomic E-state index is 13.4. The zero-order chi connectivity index (χ0) is 22.0. The first-order valence-corrected chi connectivity index (χ1v) is 9.04. The van der Waals surface area contributed by atoms with Gasteiger partial charge in [0, 0.05) is 35.8 Å². The summed E-state index contributed by atoms with van der Waals surface area (Å²) in [5, 5.41) is 3.06. The minimum Gasteiger partial charge on any atom is -0.481 e. The molecular formula is C21H15F4N5O. The predicted octanol–water partition coefficient (Wildman–Crippen LogP) is 5.33. The molecule has 0 aliphatic carbocycles. The lowest BCUT2D eigenvalue weighted by molar-refractivity contribution is -0.137. The second-order valence-electron chi connectivity index (χ2n) is 6.51. The number of methoxy groups -OCH3 is 1. The van der Waals surface area contributed by atoms with Gasteiger partial charge in [0.15, 0.2) is 0 Å². The molecular weight excluding hydrogens is 414 g/mol. The number of hydrogen-bond acceptors (Lipinski definition) is 6. The van der Waals surface area contributed by atoms with E-state index in [1.807, 2.05) is 0 Å². The lowest BCUT2D eigenvalue weighted by Gasteiger charge is -2.13. The standard InChI is InChI=1S/C21H15F4N5O/c1-31-18-8-16(29-17-5-4-12(9-22)10-27-17)20-15(30-18)7-13(11-28-20)19-14(21(23,24)25)3-2-6-26-19/h2-8,10-11H,9H2,1H3,(H,27,29,30). The first-order chi connectivity index (χ1) is 14.9. The summed E-state index contributed by atoms with van der Waals surface area (Å²) in [7, 11) is 1.42. The molecule has 0 saturated carbocycles. The fourth-order valence-corrected chi connectivity index (χ4v) is 3.00. The number of pyridine rings is 4. The van der Waals surface area contributed by atoms with Gasteiger partial charge in [-0.1, -0.05) is 6.07 Å². The van der Waals surface area contributed by atoms with E-state index in [-0.39, 0.29) is 17.1 Å². The number of anilines is 2. The van der Waals surface area contributed by atoms with Crippen LogP contribution >= 0.6 is 0 Å². The van der Waals surface area contributed by atoms with Gasteiger partial charge in [0.1, 0.15) is 18.0 Å². The molecule has 0 aliphatic heterocycles. The number of nitrogens with zero attached hydrogens (tertiary/aromatic N) is 4. The number of fused-ring (bicyclic) bond motifs is 1. The van der Waals surface area contributed by atoms with E-state index in [0.29, 0.717) is 28.1 Å². The highest BCUT2D eigenvalue weighted by atomic mass is 19.4. The van der Waals surface area contributed by atoms with E-state index in [2.05, 4.69) is 25.3 Å². The van der Waals surface area contributed by atoms with Crippen molar-refractivity contribution < 1.29 is 22.3 Å². The fourth-order valence-electron chi connectivity index (χ4n) is 3.00. The molecule has 0 amide bonds. The van der Waals surface area contributed by atoms with Crippen LogP contribution < -0.4 is 10.1 Å². The molecule has 0 aromatic carbocycles. The van der Waals surface area contributed by atoms with Crippen molar-refractivity contribution in [2.24, 2.45) is 0 Å². The van der Waals surface area contributed by atoms with Crippen LogP contribution in [0.25, 0.3) is 22.3 Å². The van der Waals surface area contributed by atoms with Gasteiger partial charge in [-0.25, -0.2) is 14.4 Å². The zero-order valence-electron chi connectivity index (χ0n) is 16.1. The molecule has 0 spiro atoms. The molecule has 6 nitrogen and oxygen atoms in total. The number of ether oxygens (including phenoxy) is 1. The average molecular weight is 429 g/mol. The topological polar surface area (TPSA) is 72.8 Å². The first-order valence-electron chi connectivity index (χ1n) is 9.04. The SMILES string of the molecule is COc1cc(Nc2ccc(CF)cn2)c2ncc(-c3ncccc3C(F)(F)F)cc2n1. The number of alkyl halides is 4. The Morgan fingerprint density at radius 1 is 1.03 bits per heavy atom. The molecule has 1 N–H and O–H groups in total. The fraction of sp³-hybridized carbons (Fsp3) is 0.143. The summed E-state index contributed by atoms with van der Waals surface area (Å²) in [6.45, 7) is -0.628. The van der Waals surface area contributed by atoms with Gasteiger partial charge < -0.3 is 10.1 Å². The van der Waals surface area contributed by atoms with E-state index in [4.69, 9.17) is 4.74 Å². The number of aromatic nitrogens is 4. The van der Waals surface area contributed by atoms with Crippen molar-refractivity contribution in [3.8, 4) is 17.1 Å². The van der Waals surface area contributed by atoms with Gasteiger partial charge in [0.05, 0.1) is 29.6 Å². The number of hydrogen-bond donors (Lipinski definition) is 1. The molecule has 31 heavy (non-hydrogen) atoms. The van der Waals surface area contributed by atoms with Crippen molar-refractivity contribution in [2.45, 2.75) is 12.9 Å². The predicted molar refractivity (Wildman–Crippen MR) is 107 cm³/mol. The maximum atomic E-state index is 13.4. The molecule has 0 unspecified atom stereocenters. The van der Waals surface area contributed by atoms with Gasteiger partial charge in [-0.3, -0.25) is 9.97 Å². The van der Waals surface area contributed by atoms with Crippen molar-refractivity contribution in [3.05, 3.63) is 66.1 Å². The van der Waals surface area contributed by atoms with E-state index in [0.717, 1.165) is 6.07 Å². The second-order valence-corrected chi connectivity index (χ2v) is 6.51. The zero-order valence-corrected chi connectivity index (χ0v) is 16.1. The van der Waals surface area contributed by atoms with Gasteiger partial charge in [0.25, 0.3) is 0 Å². The van der Waals surface area contributed by atoms with Crippen molar-refractivity contribution in [2.75, 3.05) is 12.4 Å². The van der Waals surface area contributed by atoms with E-state index in [1.54, 1.807) is 18.2 Å². The highest BCUT2D eigenvalue weighted by Gasteiger charge is 2.34. The molecule has 10 heteroatoms. The van der Waals surface area contributed by atoms with Crippen molar-refractivity contribution in [1.29, 1.82) is 0 Å². The molecule has 0 fully saturated rings. The lowest BCUT2D eigenvalue weighted by atomic mass is 10.1. The minimum atomic E-state index is -4.56. The monoisotopic (exact) mass is 429 g/mol. The maximum Gasteiger partial charge on any atom is 0.418 e. The highest BCUT2D eigenvalue weighted by Crippen LogP contribution is 2.37. The molecule has 0 atom stereocenters. The van der Waals surface area contributed by atoms with Crippen LogP contribution in [0, 0.1) is 0 Å². The van der Waals surface area contributed by atoms with Crippen molar-refractivity contribution >= 4 is 22.5 Å². The Kier molecular flexibility index (Phi) is 5.37. The first kappa shape index (κ1) is 20.5. The summed E-state index contributed by atoms with van der Waals surface area (Å²) in [5.74, 6) is 0.660. The van der Waals surface area contributed by atoms with Crippen LogP contribution in [-0.2, 0) is 12.9 Å². The normalized spacial score (nSPS) is 11.5. The van der Waals surface area contributed by atoms with Crippen molar-refractivity contribution in [3.63, 3.8) is 0 Å². The quantitative estimate of drug-likeness (QED) is 0.433. The van der Waals surface area contributed by atoms with Crippen LogP contribution in [0.3, 0.4) is 0 Å². The third-order valence-corrected chi connectivity index (χ3v) is 4.46. The van der Waals surface area contributed by atoms with E-state index < -0.39 is 18.4 Å². The molecule has 0 saturated heterocycles. The molecule has 4 rings (SSSR count). The van der Waals surface area contributed by atoms with E-state index in [1.165, 1.54) is 37.8 Å². The average Bonchev–Trinajstić information content (AvgIpc) is 2.78. The number of halogens is 4. The van der Waals surface area contributed by atoms with Crippen LogP contribution in [-0.4, -0.2) is 27.0 Å². The summed E-state index contributed by atoms with van der Waals surface area (Å²) in [4.78, 5) is 16.6. The Hall–Kier alpha value is -3.82. The third kappa shape index (κ3) is 4.23. The minimum absolute atomic E-state index is 0.164. The van der Waals surface area contributed by atoms with Gasteiger partial charge >= 0.3 is 6.18 Å². The lowest BCUT2D eigenvalue weighted by Crippen LogP contribution is -2.08. The van der Waals surface area contributed by atoms with Gasteiger partial charge in [-0.05, 0) is 24.3 Å². The summed E-state index contributed by atoms with van der Waals surface area (Å²) >= 11 is 0. The van der Waals surface area contributed by atoms with Crippen molar-refractivity contribution in [1.82, 2.24) is 19.9 Å². The molecule has 4 heterocycles. The Balaban J connectivity index is 1.80. The van der Waals surface area contributed by atoms with E-state index >= 15 is 0 Å². The molecule has 0 radical (unpaired) electrons. The molecule has 0 aliphatic rings. The molecule has 0 bridgehead atoms. The van der Waals surface area contributed by atoms with Crippen LogP contribution in [0.5, 0.6) is 5.88 Å². The van der Waals surface area contributed by atoms with E-state index in [9.17, 15) is 17.6 Å². The Morgan fingerprint density at radius 2 is 1.87 bits per heavy atom. The number of rotatable bonds is 5. The van der Waals surface area contributed by atoms with Gasteiger partial charge in [-0.2, -0.15) is 13.2 Å². The summed E-state index contributed by atoms with van der Waals surface area (Å²) < 4.78 is 58.1. The Bertz CT molecular complexity index is 1230. The van der Waals surface area contributed by atoms with Crippen LogP contribution in [0.1, 0.15) is 11.1 Å². The number of nitrogens with one attached hydrogen (secondary N) is 1. The smallest absolute Gasteiger partial charge is 0.418 e. The highest BCUT2D eigenvalue weighted by molar-refractivity contribution is 5.92. The van der Waals surface area contributed by atoms with Crippen LogP contribution in [0.2, 0.25) is 0 Å². The van der Waals surface area contributed by atoms with Crippen LogP contribution in [0.4, 0.5) is 29.1 Å².